The zero-order valence-corrected chi connectivity index (χ0v) is 39.2. The van der Waals surface area contributed by atoms with Crippen LogP contribution in [0.5, 0.6) is 5.75 Å². The fourth-order valence-corrected chi connectivity index (χ4v) is 10.1. The highest BCUT2D eigenvalue weighted by Gasteiger charge is 2.37. The summed E-state index contributed by atoms with van der Waals surface area (Å²) in [6.45, 7) is 18.8. The van der Waals surface area contributed by atoms with Crippen molar-refractivity contribution in [2.45, 2.75) is 66.2 Å². The van der Waals surface area contributed by atoms with E-state index in [1.165, 1.54) is 21.6 Å². The molecule has 0 atom stereocenters. The van der Waals surface area contributed by atoms with Crippen LogP contribution in [-0.4, -0.2) is 54.2 Å². The van der Waals surface area contributed by atoms with Crippen LogP contribution in [0.25, 0.3) is 43.7 Å². The van der Waals surface area contributed by atoms with Crippen molar-refractivity contribution < 1.29 is 14.3 Å². The first-order valence-corrected chi connectivity index (χ1v) is 22.6. The van der Waals surface area contributed by atoms with E-state index in [-0.39, 0.29) is 32.6 Å². The second kappa shape index (κ2) is 15.2. The van der Waals surface area contributed by atoms with Crippen molar-refractivity contribution in [3.05, 3.63) is 172 Å². The molecule has 0 radical (unpaired) electrons. The number of hydrogen-bond acceptors (Lipinski definition) is 9. The average molecular weight is 894 g/mol. The number of nitrogens with zero attached hydrogens (tertiary/aromatic N) is 5. The van der Waals surface area contributed by atoms with Crippen molar-refractivity contribution in [3.63, 3.8) is 0 Å². The highest BCUT2D eigenvalue weighted by Crippen LogP contribution is 2.40. The van der Waals surface area contributed by atoms with Gasteiger partial charge in [0.15, 0.2) is 0 Å². The van der Waals surface area contributed by atoms with Crippen LogP contribution in [0.4, 0.5) is 17.1 Å². The minimum absolute atomic E-state index is 0.0111. The first-order valence-electron chi connectivity index (χ1n) is 22.6. The molecule has 2 amide bonds. The predicted octanol–water partition coefficient (Wildman–Crippen LogP) is 8.39. The van der Waals surface area contributed by atoms with Crippen molar-refractivity contribution in [3.8, 4) is 17.1 Å². The monoisotopic (exact) mass is 893 g/mol. The van der Waals surface area contributed by atoms with Crippen molar-refractivity contribution in [2.75, 3.05) is 48.0 Å². The fourth-order valence-electron chi connectivity index (χ4n) is 10.1. The minimum atomic E-state index is -0.648. The maximum atomic E-state index is 14.5. The van der Waals surface area contributed by atoms with Crippen molar-refractivity contribution in [2.24, 2.45) is 0 Å². The molecule has 1 saturated heterocycles. The standard InChI is InChI=1S/C55H51N5O7/c1-30-26-45(59-50(63)38-28-40-41(29-39(38)51(59)64)53(66)60(52(40)65)46-27-32(54(3,4)5)13-19-42(46)55(6,7)8)31(2)25-44(30)58-48(61)36-12-10-11-35-43(20-18-37(47(35)36)49(58)62)57-23-21-56(22-24-57)33-14-16-34(67-9)17-15-33/h10-20,25-29H,21-24H2,1-9H3. The van der Waals surface area contributed by atoms with Gasteiger partial charge < -0.3 is 14.5 Å². The Labute approximate surface area is 386 Å². The third-order valence-corrected chi connectivity index (χ3v) is 13.7. The molecule has 2 aliphatic rings. The molecule has 0 saturated carbocycles. The van der Waals surface area contributed by atoms with E-state index in [1.807, 2.05) is 69.3 Å². The van der Waals surface area contributed by atoms with Gasteiger partial charge in [-0.05, 0) is 120 Å². The van der Waals surface area contributed by atoms with Gasteiger partial charge in [-0.3, -0.25) is 28.8 Å². The molecule has 12 nitrogen and oxygen atoms in total. The number of rotatable bonds is 6. The number of ether oxygens (including phenoxy) is 1. The lowest BCUT2D eigenvalue weighted by atomic mass is 9.81. The Morgan fingerprint density at radius 1 is 0.478 bits per heavy atom. The number of piperazine rings is 1. The smallest absolute Gasteiger partial charge is 0.266 e. The Morgan fingerprint density at radius 2 is 1.00 bits per heavy atom. The lowest BCUT2D eigenvalue weighted by molar-refractivity contribution is 0.0893. The van der Waals surface area contributed by atoms with E-state index < -0.39 is 39.5 Å². The van der Waals surface area contributed by atoms with Gasteiger partial charge in [0.2, 0.25) is 0 Å². The van der Waals surface area contributed by atoms with Crippen LogP contribution < -0.4 is 41.7 Å². The molecule has 0 bridgehead atoms. The van der Waals surface area contributed by atoms with Crippen molar-refractivity contribution >= 4 is 61.2 Å². The molecule has 8 aromatic rings. The summed E-state index contributed by atoms with van der Waals surface area (Å²) in [6, 6.07) is 29.2. The molecule has 338 valence electrons. The highest BCUT2D eigenvalue weighted by atomic mass is 16.5. The maximum Gasteiger partial charge on any atom is 0.266 e. The van der Waals surface area contributed by atoms with Gasteiger partial charge in [-0.15, -0.1) is 0 Å². The molecule has 12 heteroatoms. The van der Waals surface area contributed by atoms with E-state index >= 15 is 0 Å². The number of anilines is 3. The van der Waals surface area contributed by atoms with Crippen molar-refractivity contribution in [1.82, 2.24) is 9.13 Å². The molecule has 0 aliphatic carbocycles. The van der Waals surface area contributed by atoms with Crippen LogP contribution in [0.2, 0.25) is 0 Å². The van der Waals surface area contributed by atoms with Crippen LogP contribution in [0.15, 0.2) is 116 Å². The zero-order chi connectivity index (χ0) is 47.6. The van der Waals surface area contributed by atoms with Crippen LogP contribution in [0.1, 0.15) is 84.5 Å². The summed E-state index contributed by atoms with van der Waals surface area (Å²) < 4.78 is 7.54. The first kappa shape index (κ1) is 43.3. The van der Waals surface area contributed by atoms with E-state index in [1.54, 1.807) is 45.2 Å². The third kappa shape index (κ3) is 6.71. The SMILES string of the molecule is COc1ccc(N2CCN(c3ccc4c5c(cccc35)C(=O)N(c3cc(C)c(-n5c(=O)c6cc7c(=O)n(-c8cc(C(C)(C)C)ccc8C(C)(C)C)c(=O)c7cc6c5=O)cc3C)C4=O)CC2)cc1. The van der Waals surface area contributed by atoms with Crippen LogP contribution in [0, 0.1) is 13.8 Å². The largest absolute Gasteiger partial charge is 0.497 e. The van der Waals surface area contributed by atoms with E-state index in [2.05, 4.69) is 42.7 Å². The summed E-state index contributed by atoms with van der Waals surface area (Å²) in [5, 5.41) is 1.56. The molecule has 0 N–H and O–H groups in total. The molecule has 2 aromatic heterocycles. The van der Waals surface area contributed by atoms with Gasteiger partial charge in [0.1, 0.15) is 5.75 Å². The molecule has 6 aromatic carbocycles. The second-order valence-electron chi connectivity index (χ2n) is 20.0. The van der Waals surface area contributed by atoms with Gasteiger partial charge in [0.25, 0.3) is 34.1 Å². The van der Waals surface area contributed by atoms with Gasteiger partial charge in [-0.2, -0.15) is 0 Å². The normalized spacial score (nSPS) is 14.6. The second-order valence-corrected chi connectivity index (χ2v) is 20.0. The van der Waals surface area contributed by atoms with Crippen LogP contribution >= 0.6 is 0 Å². The minimum Gasteiger partial charge on any atom is -0.497 e. The van der Waals surface area contributed by atoms with Crippen LogP contribution in [-0.2, 0) is 10.8 Å². The summed E-state index contributed by atoms with van der Waals surface area (Å²) in [4.78, 5) is 91.9. The molecule has 0 spiro atoms. The van der Waals surface area contributed by atoms with E-state index in [9.17, 15) is 28.8 Å². The van der Waals surface area contributed by atoms with Crippen LogP contribution in [0.3, 0.4) is 0 Å². The number of aromatic nitrogens is 2. The van der Waals surface area contributed by atoms with Gasteiger partial charge in [-0.1, -0.05) is 65.8 Å². The quantitative estimate of drug-likeness (QED) is 0.151. The molecule has 2 aliphatic heterocycles. The topological polar surface area (TPSA) is 131 Å². The van der Waals surface area contributed by atoms with E-state index in [0.717, 1.165) is 64.4 Å². The number of benzene rings is 6. The summed E-state index contributed by atoms with van der Waals surface area (Å²) in [7, 11) is 1.65. The molecule has 67 heavy (non-hydrogen) atoms. The third-order valence-electron chi connectivity index (χ3n) is 13.7. The molecular formula is C55H51N5O7. The summed E-state index contributed by atoms with van der Waals surface area (Å²) in [5.41, 5.74) is 3.55. The number of hydrogen-bond donors (Lipinski definition) is 0. The number of carbonyl (C=O) groups excluding carboxylic acids is 2. The van der Waals surface area contributed by atoms with Gasteiger partial charge in [0, 0.05) is 59.5 Å². The molecule has 10 rings (SSSR count). The number of fused-ring (bicyclic) bond motifs is 2. The highest BCUT2D eigenvalue weighted by molar-refractivity contribution is 6.36. The number of methoxy groups -OCH3 is 1. The average Bonchev–Trinajstić information content (AvgIpc) is 3.69. The summed E-state index contributed by atoms with van der Waals surface area (Å²) in [6.07, 6.45) is 0. The van der Waals surface area contributed by atoms with E-state index in [0.29, 0.717) is 39.0 Å². The first-order chi connectivity index (χ1) is 31.8. The lowest BCUT2D eigenvalue weighted by Crippen LogP contribution is -2.46. The molecular weight excluding hydrogens is 843 g/mol. The Balaban J connectivity index is 0.990. The summed E-state index contributed by atoms with van der Waals surface area (Å²) >= 11 is 0. The Morgan fingerprint density at radius 3 is 1.55 bits per heavy atom. The number of amides is 2. The van der Waals surface area contributed by atoms with Gasteiger partial charge in [0.05, 0.1) is 45.7 Å². The summed E-state index contributed by atoms with van der Waals surface area (Å²) in [5.74, 6) is -0.140. The van der Waals surface area contributed by atoms with Crippen molar-refractivity contribution in [1.29, 1.82) is 0 Å². The predicted molar refractivity (Wildman–Crippen MR) is 267 cm³/mol. The number of imide groups is 1. The fraction of sp³-hybridized carbons (Fsp3) is 0.273. The van der Waals surface area contributed by atoms with Gasteiger partial charge >= 0.3 is 0 Å². The zero-order valence-electron chi connectivity index (χ0n) is 39.2. The molecule has 4 heterocycles. The van der Waals surface area contributed by atoms with E-state index in [4.69, 9.17) is 4.74 Å². The molecule has 0 unspecified atom stereocenters. The lowest BCUT2D eigenvalue weighted by Gasteiger charge is -2.38. The Hall–Kier alpha value is -7.60. The molecule has 1 fully saturated rings. The Kier molecular flexibility index (Phi) is 9.84. The maximum absolute atomic E-state index is 14.5. The number of aryl methyl sites for hydroxylation is 2. The number of carbonyl (C=O) groups is 2. The van der Waals surface area contributed by atoms with Gasteiger partial charge in [-0.25, -0.2) is 14.0 Å². The Bertz CT molecular complexity index is 3540.